The van der Waals surface area contributed by atoms with E-state index < -0.39 is 5.60 Å². The minimum absolute atomic E-state index is 0.00680. The van der Waals surface area contributed by atoms with Gasteiger partial charge < -0.3 is 14.3 Å². The number of fused-ring (bicyclic) bond motifs is 3. The van der Waals surface area contributed by atoms with E-state index in [4.69, 9.17) is 9.47 Å². The van der Waals surface area contributed by atoms with Gasteiger partial charge in [0.2, 0.25) is 0 Å². The Morgan fingerprint density at radius 3 is 2.32 bits per heavy atom. The smallest absolute Gasteiger partial charge is 0.147 e. The molecule has 3 fully saturated rings. The molecule has 172 valence electrons. The van der Waals surface area contributed by atoms with Gasteiger partial charge in [0.15, 0.2) is 0 Å². The molecule has 3 heteroatoms. The van der Waals surface area contributed by atoms with Crippen molar-refractivity contribution in [1.29, 1.82) is 0 Å². The maximum absolute atomic E-state index is 12.6. The van der Waals surface area contributed by atoms with Crippen LogP contribution in [0.2, 0.25) is 0 Å². The Labute approximate surface area is 189 Å². The van der Waals surface area contributed by atoms with E-state index in [1.54, 1.807) is 0 Å². The number of ether oxygens (including phenoxy) is 2. The first-order valence-electron chi connectivity index (χ1n) is 12.4. The van der Waals surface area contributed by atoms with Crippen molar-refractivity contribution in [3.8, 4) is 0 Å². The molecule has 0 heterocycles. The lowest BCUT2D eigenvalue weighted by Crippen LogP contribution is -2.63. The standard InChI is InChI=1S/C28H42O3/c1-25(2)14-9-15-26(3)22(25)12-16-27(4)23(26)13-17-28(5,24(27)18-29)31-20-30-19-21-10-7-6-8-11-21/h6-8,10-11,18,22-24H,9,12-17,19-20H2,1-5H3/t22-,23+,24-,26-,27+,28-/m0/s1. The van der Waals surface area contributed by atoms with Crippen LogP contribution in [0.15, 0.2) is 30.3 Å². The van der Waals surface area contributed by atoms with Crippen molar-refractivity contribution >= 4 is 6.29 Å². The molecule has 1 aromatic carbocycles. The van der Waals surface area contributed by atoms with E-state index in [1.807, 2.05) is 18.2 Å². The first-order valence-corrected chi connectivity index (χ1v) is 12.4. The molecule has 3 aliphatic carbocycles. The summed E-state index contributed by atoms with van der Waals surface area (Å²) in [5.41, 5.74) is 1.45. The van der Waals surface area contributed by atoms with Crippen LogP contribution in [0, 0.1) is 34.0 Å². The molecule has 0 spiro atoms. The highest BCUT2D eigenvalue weighted by molar-refractivity contribution is 5.58. The second-order valence-electron chi connectivity index (χ2n) is 12.1. The fraction of sp³-hybridized carbons (Fsp3) is 0.750. The first-order chi connectivity index (χ1) is 14.7. The summed E-state index contributed by atoms with van der Waals surface area (Å²) in [5.74, 6) is 1.27. The zero-order valence-corrected chi connectivity index (χ0v) is 20.3. The van der Waals surface area contributed by atoms with Crippen LogP contribution in [-0.2, 0) is 20.9 Å². The van der Waals surface area contributed by atoms with Crippen molar-refractivity contribution in [3.05, 3.63) is 35.9 Å². The zero-order chi connectivity index (χ0) is 22.3. The Morgan fingerprint density at radius 1 is 0.903 bits per heavy atom. The van der Waals surface area contributed by atoms with Crippen molar-refractivity contribution in [3.63, 3.8) is 0 Å². The second-order valence-corrected chi connectivity index (χ2v) is 12.1. The van der Waals surface area contributed by atoms with Gasteiger partial charge in [0.25, 0.3) is 0 Å². The van der Waals surface area contributed by atoms with Gasteiger partial charge in [0, 0.05) is 5.92 Å². The van der Waals surface area contributed by atoms with Gasteiger partial charge in [0.1, 0.15) is 13.1 Å². The minimum Gasteiger partial charge on any atom is -0.351 e. The minimum atomic E-state index is -0.447. The predicted molar refractivity (Wildman–Crippen MR) is 124 cm³/mol. The van der Waals surface area contributed by atoms with Gasteiger partial charge in [-0.05, 0) is 79.1 Å². The Hall–Kier alpha value is -1.19. The van der Waals surface area contributed by atoms with E-state index in [1.165, 1.54) is 32.0 Å². The molecule has 3 aliphatic rings. The molecule has 3 nitrogen and oxygen atoms in total. The van der Waals surface area contributed by atoms with Crippen LogP contribution in [0.1, 0.15) is 85.1 Å². The van der Waals surface area contributed by atoms with Crippen molar-refractivity contribution in [2.45, 2.75) is 91.8 Å². The lowest BCUT2D eigenvalue weighted by Gasteiger charge is -2.67. The molecular weight excluding hydrogens is 384 g/mol. The molecule has 3 saturated carbocycles. The monoisotopic (exact) mass is 426 g/mol. The van der Waals surface area contributed by atoms with Crippen LogP contribution in [-0.4, -0.2) is 18.7 Å². The van der Waals surface area contributed by atoms with Crippen LogP contribution in [0.25, 0.3) is 0 Å². The third kappa shape index (κ3) is 3.91. The Bertz CT molecular complexity index is 774. The summed E-state index contributed by atoms with van der Waals surface area (Å²) in [5, 5.41) is 0. The summed E-state index contributed by atoms with van der Waals surface area (Å²) in [7, 11) is 0. The molecule has 6 atom stereocenters. The summed E-state index contributed by atoms with van der Waals surface area (Å²) < 4.78 is 12.2. The van der Waals surface area contributed by atoms with E-state index in [-0.39, 0.29) is 18.1 Å². The van der Waals surface area contributed by atoms with Crippen LogP contribution >= 0.6 is 0 Å². The molecule has 0 unspecified atom stereocenters. The Morgan fingerprint density at radius 2 is 1.61 bits per heavy atom. The highest BCUT2D eigenvalue weighted by atomic mass is 16.7. The molecule has 1 aromatic rings. The van der Waals surface area contributed by atoms with Gasteiger partial charge in [-0.25, -0.2) is 0 Å². The molecule has 0 saturated heterocycles. The van der Waals surface area contributed by atoms with Crippen LogP contribution in [0.5, 0.6) is 0 Å². The predicted octanol–water partition coefficient (Wildman–Crippen LogP) is 6.79. The maximum Gasteiger partial charge on any atom is 0.147 e. The number of aldehydes is 1. The van der Waals surface area contributed by atoms with E-state index in [9.17, 15) is 4.79 Å². The van der Waals surface area contributed by atoms with Gasteiger partial charge >= 0.3 is 0 Å². The van der Waals surface area contributed by atoms with Crippen LogP contribution in [0.4, 0.5) is 0 Å². The zero-order valence-electron chi connectivity index (χ0n) is 20.3. The topological polar surface area (TPSA) is 35.5 Å². The largest absolute Gasteiger partial charge is 0.351 e. The fourth-order valence-electron chi connectivity index (χ4n) is 8.37. The third-order valence-corrected chi connectivity index (χ3v) is 9.86. The number of hydrogen-bond acceptors (Lipinski definition) is 3. The second kappa shape index (κ2) is 8.30. The van der Waals surface area contributed by atoms with Crippen molar-refractivity contribution in [2.75, 3.05) is 6.79 Å². The van der Waals surface area contributed by atoms with Crippen molar-refractivity contribution in [1.82, 2.24) is 0 Å². The molecule has 31 heavy (non-hydrogen) atoms. The van der Waals surface area contributed by atoms with E-state index in [0.29, 0.717) is 23.4 Å². The normalized spacial score (nSPS) is 41.8. The molecular formula is C28H42O3. The molecule has 0 aliphatic heterocycles. The molecule has 0 amide bonds. The quantitative estimate of drug-likeness (QED) is 0.285. The average molecular weight is 427 g/mol. The SMILES string of the molecule is CC1(C)CCC[C@]2(C)[C@H]3CC[C@](C)(OCOCc4ccccc4)[C@@H](C=O)[C@]3(C)CC[C@@H]12. The maximum atomic E-state index is 12.6. The molecule has 4 rings (SSSR count). The first kappa shape index (κ1) is 23.0. The number of rotatable bonds is 6. The number of carbonyl (C=O) groups is 1. The van der Waals surface area contributed by atoms with E-state index in [2.05, 4.69) is 46.8 Å². The highest BCUT2D eigenvalue weighted by Crippen LogP contribution is 2.69. The number of hydrogen-bond donors (Lipinski definition) is 0. The lowest BCUT2D eigenvalue weighted by atomic mass is 9.38. The summed E-state index contributed by atoms with van der Waals surface area (Å²) in [4.78, 5) is 12.6. The third-order valence-electron chi connectivity index (χ3n) is 9.86. The summed E-state index contributed by atoms with van der Waals surface area (Å²) in [6, 6.07) is 10.2. The fourth-order valence-corrected chi connectivity index (χ4v) is 8.37. The summed E-state index contributed by atoms with van der Waals surface area (Å²) in [6.07, 6.45) is 9.65. The molecule has 0 bridgehead atoms. The highest BCUT2D eigenvalue weighted by Gasteiger charge is 2.64. The average Bonchev–Trinajstić information content (AvgIpc) is 2.71. The molecule has 0 radical (unpaired) electrons. The van der Waals surface area contributed by atoms with Crippen molar-refractivity contribution < 1.29 is 14.3 Å². The Balaban J connectivity index is 1.48. The number of carbonyl (C=O) groups excluding carboxylic acids is 1. The van der Waals surface area contributed by atoms with E-state index in [0.717, 1.165) is 30.7 Å². The van der Waals surface area contributed by atoms with Crippen LogP contribution < -0.4 is 0 Å². The van der Waals surface area contributed by atoms with Gasteiger partial charge in [-0.15, -0.1) is 0 Å². The van der Waals surface area contributed by atoms with Gasteiger partial charge in [0.05, 0.1) is 12.2 Å². The van der Waals surface area contributed by atoms with Gasteiger partial charge in [-0.1, -0.05) is 64.4 Å². The van der Waals surface area contributed by atoms with Gasteiger partial charge in [-0.2, -0.15) is 0 Å². The molecule has 0 N–H and O–H groups in total. The number of benzene rings is 1. The van der Waals surface area contributed by atoms with Gasteiger partial charge in [-0.3, -0.25) is 0 Å². The van der Waals surface area contributed by atoms with Crippen molar-refractivity contribution in [2.24, 2.45) is 34.0 Å². The van der Waals surface area contributed by atoms with E-state index >= 15 is 0 Å². The lowest BCUT2D eigenvalue weighted by molar-refractivity contribution is -0.237. The Kier molecular flexibility index (Phi) is 6.15. The summed E-state index contributed by atoms with van der Waals surface area (Å²) in [6.45, 7) is 12.8. The van der Waals surface area contributed by atoms with Crippen LogP contribution in [0.3, 0.4) is 0 Å². The molecule has 0 aromatic heterocycles. The summed E-state index contributed by atoms with van der Waals surface area (Å²) >= 11 is 0.